The van der Waals surface area contributed by atoms with Crippen molar-refractivity contribution >= 4 is 5.78 Å². The van der Waals surface area contributed by atoms with Crippen LogP contribution in [0.5, 0.6) is 5.75 Å². The molecular weight excluding hydrogens is 369 g/mol. The Bertz CT molecular complexity index is 798. The molecule has 0 heterocycles. The van der Waals surface area contributed by atoms with Crippen molar-refractivity contribution in [3.8, 4) is 5.75 Å². The van der Waals surface area contributed by atoms with E-state index in [0.717, 1.165) is 50.0 Å². The first-order valence-corrected chi connectivity index (χ1v) is 10.3. The molecule has 0 bridgehead atoms. The highest BCUT2D eigenvalue weighted by Gasteiger charge is 2.38. The van der Waals surface area contributed by atoms with Crippen molar-refractivity contribution in [3.05, 3.63) is 65.5 Å². The Morgan fingerprint density at radius 1 is 1.10 bits per heavy atom. The summed E-state index contributed by atoms with van der Waals surface area (Å²) < 4.78 is 24.5. The fraction of sp³-hybridized carbons (Fsp3) is 0.458. The number of ether oxygens (including phenoxy) is 2. The molecule has 1 fully saturated rings. The molecule has 3 rings (SSSR count). The third-order valence-electron chi connectivity index (χ3n) is 5.96. The molecule has 1 N–H and O–H groups in total. The molecule has 0 aliphatic heterocycles. The molecule has 4 nitrogen and oxygen atoms in total. The number of methoxy groups -OCH3 is 2. The second-order valence-electron chi connectivity index (χ2n) is 7.66. The molecule has 1 aliphatic carbocycles. The van der Waals surface area contributed by atoms with Gasteiger partial charge in [-0.1, -0.05) is 18.2 Å². The maximum Gasteiger partial charge on any atom is 0.162 e. The maximum atomic E-state index is 13.0. The quantitative estimate of drug-likeness (QED) is 0.483. The van der Waals surface area contributed by atoms with Crippen LogP contribution in [-0.2, 0) is 10.3 Å². The van der Waals surface area contributed by atoms with E-state index in [0.29, 0.717) is 18.0 Å². The summed E-state index contributed by atoms with van der Waals surface area (Å²) in [6.45, 7) is 0.798. The van der Waals surface area contributed by atoms with E-state index in [2.05, 4.69) is 11.4 Å². The number of hydrogen-bond donors (Lipinski definition) is 1. The van der Waals surface area contributed by atoms with Crippen molar-refractivity contribution in [3.63, 3.8) is 0 Å². The van der Waals surface area contributed by atoms with Gasteiger partial charge in [-0.25, -0.2) is 4.39 Å². The normalized spacial score (nSPS) is 21.7. The number of carbonyl (C=O) groups is 1. The van der Waals surface area contributed by atoms with E-state index < -0.39 is 0 Å². The summed E-state index contributed by atoms with van der Waals surface area (Å²) in [5.74, 6) is 0.617. The predicted octanol–water partition coefficient (Wildman–Crippen LogP) is 4.87. The molecular formula is C24H30FNO3. The van der Waals surface area contributed by atoms with Crippen LogP contribution >= 0.6 is 0 Å². The van der Waals surface area contributed by atoms with Gasteiger partial charge in [0.2, 0.25) is 0 Å². The van der Waals surface area contributed by atoms with Gasteiger partial charge in [-0.2, -0.15) is 0 Å². The second kappa shape index (κ2) is 9.99. The van der Waals surface area contributed by atoms with Gasteiger partial charge < -0.3 is 14.8 Å². The average Bonchev–Trinajstić information content (AvgIpc) is 2.77. The van der Waals surface area contributed by atoms with Crippen LogP contribution in [0.3, 0.4) is 0 Å². The lowest BCUT2D eigenvalue weighted by atomic mass is 9.77. The number of carbonyl (C=O) groups excluding carboxylic acids is 1. The minimum absolute atomic E-state index is 0.0602. The van der Waals surface area contributed by atoms with Crippen LogP contribution in [0.4, 0.5) is 4.39 Å². The number of nitrogens with one attached hydrogen (secondary N) is 1. The molecule has 29 heavy (non-hydrogen) atoms. The third kappa shape index (κ3) is 5.22. The van der Waals surface area contributed by atoms with Crippen molar-refractivity contribution in [2.75, 3.05) is 20.8 Å². The lowest BCUT2D eigenvalue weighted by Gasteiger charge is -2.40. The second-order valence-corrected chi connectivity index (χ2v) is 7.66. The first-order chi connectivity index (χ1) is 14.1. The first kappa shape index (κ1) is 21.5. The van der Waals surface area contributed by atoms with Crippen molar-refractivity contribution < 1.29 is 18.7 Å². The average molecular weight is 400 g/mol. The van der Waals surface area contributed by atoms with Crippen LogP contribution in [0.2, 0.25) is 0 Å². The van der Waals surface area contributed by atoms with E-state index in [1.165, 1.54) is 12.1 Å². The van der Waals surface area contributed by atoms with Crippen LogP contribution in [-0.4, -0.2) is 32.6 Å². The van der Waals surface area contributed by atoms with Crippen LogP contribution in [0.25, 0.3) is 0 Å². The molecule has 0 spiro atoms. The Hall–Kier alpha value is -2.24. The fourth-order valence-corrected chi connectivity index (χ4v) is 4.23. The zero-order chi connectivity index (χ0) is 20.7. The molecule has 0 aromatic heterocycles. The van der Waals surface area contributed by atoms with Gasteiger partial charge in [-0.15, -0.1) is 0 Å². The summed E-state index contributed by atoms with van der Waals surface area (Å²) in [7, 11) is 3.48. The van der Waals surface area contributed by atoms with Gasteiger partial charge in [-0.05, 0) is 69.0 Å². The highest BCUT2D eigenvalue weighted by molar-refractivity contribution is 5.95. The van der Waals surface area contributed by atoms with Gasteiger partial charge in [0.15, 0.2) is 5.78 Å². The van der Waals surface area contributed by atoms with E-state index in [1.54, 1.807) is 26.4 Å². The first-order valence-electron chi connectivity index (χ1n) is 10.3. The van der Waals surface area contributed by atoms with E-state index in [-0.39, 0.29) is 17.2 Å². The number of hydrogen-bond acceptors (Lipinski definition) is 4. The van der Waals surface area contributed by atoms with E-state index >= 15 is 0 Å². The molecule has 0 unspecified atom stereocenters. The zero-order valence-electron chi connectivity index (χ0n) is 17.2. The maximum absolute atomic E-state index is 13.0. The van der Waals surface area contributed by atoms with Crippen molar-refractivity contribution in [1.29, 1.82) is 0 Å². The Labute approximate surface area is 172 Å². The number of benzene rings is 2. The van der Waals surface area contributed by atoms with Gasteiger partial charge in [-0.3, -0.25) is 4.79 Å². The minimum Gasteiger partial charge on any atom is -0.496 e. The number of Topliss-reactive ketones (excluding diaryl/α,β-unsaturated/α-hetero) is 1. The van der Waals surface area contributed by atoms with Gasteiger partial charge in [0.05, 0.1) is 12.7 Å². The van der Waals surface area contributed by atoms with Crippen LogP contribution in [0.1, 0.15) is 54.4 Å². The Kier molecular flexibility index (Phi) is 7.40. The number of para-hydroxylation sites is 1. The summed E-state index contributed by atoms with van der Waals surface area (Å²) in [5, 5.41) is 3.58. The van der Waals surface area contributed by atoms with Gasteiger partial charge in [0, 0.05) is 30.7 Å². The number of rotatable bonds is 9. The lowest BCUT2D eigenvalue weighted by Crippen LogP contribution is -2.41. The van der Waals surface area contributed by atoms with Gasteiger partial charge >= 0.3 is 0 Å². The summed E-state index contributed by atoms with van der Waals surface area (Å²) in [5.41, 5.74) is 1.39. The third-order valence-corrected chi connectivity index (χ3v) is 5.96. The standard InChI is InChI=1S/C24H30FNO3/c1-28-23-8-4-3-6-21(23)24(29-2)15-13-20(14-16-24)26-17-5-7-22(27)18-9-11-19(25)12-10-18/h3-4,6,8-12,20,26H,5,7,13-17H2,1-2H3. The highest BCUT2D eigenvalue weighted by atomic mass is 19.1. The SMILES string of the molecule is COc1ccccc1C1(OC)CCC(NCCCC(=O)c2ccc(F)cc2)CC1. The molecule has 0 atom stereocenters. The summed E-state index contributed by atoms with van der Waals surface area (Å²) in [4.78, 5) is 12.2. The minimum atomic E-state index is -0.319. The van der Waals surface area contributed by atoms with Crippen molar-refractivity contribution in [2.45, 2.75) is 50.2 Å². The van der Waals surface area contributed by atoms with Crippen LogP contribution in [0, 0.1) is 5.82 Å². The lowest BCUT2D eigenvalue weighted by molar-refractivity contribution is -0.0514. The number of halogens is 1. The number of ketones is 1. The van der Waals surface area contributed by atoms with E-state index in [1.807, 2.05) is 18.2 Å². The van der Waals surface area contributed by atoms with Crippen LogP contribution in [0.15, 0.2) is 48.5 Å². The molecule has 0 saturated heterocycles. The molecule has 5 heteroatoms. The smallest absolute Gasteiger partial charge is 0.162 e. The zero-order valence-corrected chi connectivity index (χ0v) is 17.2. The molecule has 1 aliphatic rings. The summed E-state index contributed by atoms with van der Waals surface area (Å²) >= 11 is 0. The Morgan fingerprint density at radius 3 is 2.45 bits per heavy atom. The fourth-order valence-electron chi connectivity index (χ4n) is 4.23. The molecule has 2 aromatic rings. The molecule has 2 aromatic carbocycles. The van der Waals surface area contributed by atoms with Crippen molar-refractivity contribution in [2.24, 2.45) is 0 Å². The topological polar surface area (TPSA) is 47.6 Å². The van der Waals surface area contributed by atoms with Gasteiger partial charge in [0.25, 0.3) is 0 Å². The monoisotopic (exact) mass is 399 g/mol. The largest absolute Gasteiger partial charge is 0.496 e. The summed E-state index contributed by atoms with van der Waals surface area (Å²) in [6.07, 6.45) is 5.12. The Morgan fingerprint density at radius 2 is 1.79 bits per heavy atom. The van der Waals surface area contributed by atoms with Crippen LogP contribution < -0.4 is 10.1 Å². The predicted molar refractivity (Wildman–Crippen MR) is 112 cm³/mol. The van der Waals surface area contributed by atoms with Gasteiger partial charge in [0.1, 0.15) is 11.6 Å². The molecule has 1 saturated carbocycles. The van der Waals surface area contributed by atoms with Crippen molar-refractivity contribution in [1.82, 2.24) is 5.32 Å². The molecule has 0 amide bonds. The van der Waals surface area contributed by atoms with E-state index in [9.17, 15) is 9.18 Å². The Balaban J connectivity index is 1.46. The molecule has 156 valence electrons. The highest BCUT2D eigenvalue weighted by Crippen LogP contribution is 2.43. The summed E-state index contributed by atoms with van der Waals surface area (Å²) in [6, 6.07) is 14.3. The molecule has 0 radical (unpaired) electrons. The van der Waals surface area contributed by atoms with E-state index in [4.69, 9.17) is 9.47 Å².